The van der Waals surface area contributed by atoms with Crippen molar-refractivity contribution in [2.24, 2.45) is 0 Å². The molecule has 0 amide bonds. The summed E-state index contributed by atoms with van der Waals surface area (Å²) >= 11 is 0. The second-order valence-electron chi connectivity index (χ2n) is 7.63. The molecule has 1 aliphatic carbocycles. The van der Waals surface area contributed by atoms with E-state index in [1.165, 1.54) is 4.67 Å². The average molecular weight is 450 g/mol. The summed E-state index contributed by atoms with van der Waals surface area (Å²) in [5.41, 5.74) is 0. The van der Waals surface area contributed by atoms with Gasteiger partial charge in [0, 0.05) is 18.5 Å². The normalized spacial score (nSPS) is 26.1. The summed E-state index contributed by atoms with van der Waals surface area (Å²) in [5, 5.41) is 0. The Hall–Kier alpha value is 0.770. The first-order valence-electron chi connectivity index (χ1n) is 8.05. The van der Waals surface area contributed by atoms with E-state index in [0.29, 0.717) is 4.48 Å². The van der Waals surface area contributed by atoms with Crippen molar-refractivity contribution in [3.05, 3.63) is 0 Å². The molecule has 134 valence electrons. The zero-order chi connectivity index (χ0) is 16.4. The van der Waals surface area contributed by atoms with Crippen molar-refractivity contribution in [3.8, 4) is 0 Å². The van der Waals surface area contributed by atoms with Gasteiger partial charge >= 0.3 is 7.83 Å². The maximum atomic E-state index is 14.9. The molecule has 0 spiro atoms. The highest BCUT2D eigenvalue weighted by Gasteiger charge is 2.44. The Bertz CT molecular complexity index is 380. The molecule has 1 aliphatic rings. The van der Waals surface area contributed by atoms with Gasteiger partial charge in [0.1, 0.15) is 12.1 Å². The van der Waals surface area contributed by atoms with Crippen LogP contribution in [0.4, 0.5) is 4.20 Å². The lowest BCUT2D eigenvalue weighted by atomic mass is 9.91. The minimum absolute atomic E-state index is 0. The summed E-state index contributed by atoms with van der Waals surface area (Å²) in [6.07, 6.45) is 3.67. The maximum absolute atomic E-state index is 14.9. The van der Waals surface area contributed by atoms with Crippen molar-refractivity contribution in [2.45, 2.75) is 77.6 Å². The highest BCUT2D eigenvalue weighted by molar-refractivity contribution is 7.50. The average Bonchev–Trinajstić information content (AvgIpc) is 2.25. The molecule has 1 saturated carbocycles. The Morgan fingerprint density at radius 2 is 1.55 bits per heavy atom. The minimum Gasteiger partial charge on any atom is -1.00 e. The van der Waals surface area contributed by atoms with Gasteiger partial charge in [-0.2, -0.15) is 0 Å². The number of hydrogen-bond donors (Lipinski definition) is 0. The predicted molar refractivity (Wildman–Crippen MR) is 86.0 cm³/mol. The van der Waals surface area contributed by atoms with E-state index in [1.807, 2.05) is 27.7 Å². The molecule has 7 heteroatoms. The molecule has 0 aromatic carbocycles. The first-order chi connectivity index (χ1) is 9.47. The van der Waals surface area contributed by atoms with Crippen LogP contribution >= 0.6 is 7.83 Å². The number of nitrogens with zero attached hydrogens (tertiary/aromatic N) is 2. The Kier molecular flexibility index (Phi) is 9.05. The molecule has 22 heavy (non-hydrogen) atoms. The zero-order valence-electron chi connectivity index (χ0n) is 15.1. The van der Waals surface area contributed by atoms with E-state index < -0.39 is 7.83 Å². The molecule has 3 atom stereocenters. The van der Waals surface area contributed by atoms with E-state index in [4.69, 9.17) is 4.52 Å². The van der Waals surface area contributed by atoms with Crippen LogP contribution in [0, 0.1) is 0 Å². The van der Waals surface area contributed by atoms with Gasteiger partial charge in [-0.3, -0.25) is 4.52 Å². The van der Waals surface area contributed by atoms with Gasteiger partial charge in [0.25, 0.3) is 0 Å². The lowest BCUT2D eigenvalue weighted by Gasteiger charge is -2.43. The van der Waals surface area contributed by atoms with Crippen LogP contribution in [0.5, 0.6) is 0 Å². The highest BCUT2D eigenvalue weighted by Crippen LogP contribution is 2.57. The van der Waals surface area contributed by atoms with Crippen molar-refractivity contribution in [2.75, 3.05) is 21.1 Å². The molecule has 0 heterocycles. The van der Waals surface area contributed by atoms with E-state index in [1.54, 1.807) is 0 Å². The van der Waals surface area contributed by atoms with Crippen LogP contribution < -0.4 is 24.0 Å². The molecule has 1 rings (SSSR count). The van der Waals surface area contributed by atoms with Crippen LogP contribution in [0.2, 0.25) is 0 Å². The number of halogens is 2. The van der Waals surface area contributed by atoms with E-state index >= 15 is 0 Å². The van der Waals surface area contributed by atoms with Crippen molar-refractivity contribution < 1.29 is 41.7 Å². The Morgan fingerprint density at radius 3 is 1.95 bits per heavy atom. The Morgan fingerprint density at radius 1 is 1.09 bits per heavy atom. The molecule has 0 aliphatic heterocycles. The summed E-state index contributed by atoms with van der Waals surface area (Å²) in [7, 11) is 2.02. The van der Waals surface area contributed by atoms with E-state index in [-0.39, 0.29) is 48.2 Å². The van der Waals surface area contributed by atoms with Crippen LogP contribution in [-0.2, 0) is 9.09 Å². The van der Waals surface area contributed by atoms with Gasteiger partial charge in [-0.05, 0) is 40.5 Å². The molecule has 0 saturated heterocycles. The third kappa shape index (κ3) is 6.00. The third-order valence-corrected chi connectivity index (χ3v) is 6.27. The van der Waals surface area contributed by atoms with E-state index in [2.05, 4.69) is 21.1 Å². The minimum atomic E-state index is -4.27. The van der Waals surface area contributed by atoms with Crippen LogP contribution in [-0.4, -0.2) is 54.5 Å². The number of hydrogen-bond acceptors (Lipinski definition) is 2. The molecule has 0 aromatic heterocycles. The Balaban J connectivity index is 0.00000441. The van der Waals surface area contributed by atoms with Gasteiger partial charge in [-0.15, -0.1) is 4.20 Å². The van der Waals surface area contributed by atoms with Crippen molar-refractivity contribution in [1.29, 1.82) is 0 Å². The summed E-state index contributed by atoms with van der Waals surface area (Å²) in [6.45, 7) is 7.42. The fourth-order valence-electron chi connectivity index (χ4n) is 3.46. The molecular formula is C15H33FIN2O2P. The van der Waals surface area contributed by atoms with Crippen molar-refractivity contribution in [1.82, 2.24) is 4.67 Å². The van der Waals surface area contributed by atoms with Gasteiger partial charge < -0.3 is 28.5 Å². The lowest BCUT2D eigenvalue weighted by Crippen LogP contribution is -3.00. The molecule has 0 aromatic rings. The summed E-state index contributed by atoms with van der Waals surface area (Å²) in [4.78, 5) is 0. The second-order valence-corrected chi connectivity index (χ2v) is 9.21. The molecular weight excluding hydrogens is 417 g/mol. The molecule has 0 radical (unpaired) electrons. The number of quaternary nitrogens is 1. The molecule has 0 N–H and O–H groups in total. The molecule has 0 bridgehead atoms. The van der Waals surface area contributed by atoms with Crippen LogP contribution in [0.1, 0.15) is 53.4 Å². The SMILES string of the molecule is CC(C)N(C(C)C)P(=O)(F)O[C@H]1CCCC[C@@H]1[N+](C)(C)C.[I-]. The van der Waals surface area contributed by atoms with Gasteiger partial charge in [0.05, 0.1) is 21.1 Å². The standard InChI is InChI=1S/C15H33FN2O2P.HI/c1-12(2)17(13(3)4)21(16,19)20-15-11-9-8-10-14(15)18(5,6)7;/h12-15H,8-11H2,1-7H3;1H/q+1;/p-1/t14-,15-,21?;/m0./s1. The molecule has 1 fully saturated rings. The van der Waals surface area contributed by atoms with Crippen molar-refractivity contribution >= 4 is 7.83 Å². The highest BCUT2D eigenvalue weighted by atomic mass is 127. The Labute approximate surface area is 153 Å². The van der Waals surface area contributed by atoms with Gasteiger partial charge in [0.15, 0.2) is 0 Å². The first-order valence-corrected chi connectivity index (χ1v) is 9.51. The predicted octanol–water partition coefficient (Wildman–Crippen LogP) is 1.22. The molecule has 1 unspecified atom stereocenters. The third-order valence-electron chi connectivity index (χ3n) is 4.26. The first kappa shape index (κ1) is 22.8. The lowest BCUT2D eigenvalue weighted by molar-refractivity contribution is -0.900. The van der Waals surface area contributed by atoms with Gasteiger partial charge in [-0.1, -0.05) is 6.42 Å². The van der Waals surface area contributed by atoms with E-state index in [9.17, 15) is 8.76 Å². The summed E-state index contributed by atoms with van der Waals surface area (Å²) in [5.74, 6) is 0. The monoisotopic (exact) mass is 450 g/mol. The van der Waals surface area contributed by atoms with Crippen LogP contribution in [0.15, 0.2) is 0 Å². The second kappa shape index (κ2) is 8.75. The topological polar surface area (TPSA) is 29.5 Å². The van der Waals surface area contributed by atoms with Crippen molar-refractivity contribution in [3.63, 3.8) is 0 Å². The largest absolute Gasteiger partial charge is 1.00 e. The fraction of sp³-hybridized carbons (Fsp3) is 1.00. The number of rotatable bonds is 6. The maximum Gasteiger partial charge on any atom is 0.446 e. The smallest absolute Gasteiger partial charge is 0.446 e. The molecule has 4 nitrogen and oxygen atoms in total. The fourth-order valence-corrected chi connectivity index (χ4v) is 5.25. The van der Waals surface area contributed by atoms with Gasteiger partial charge in [0.2, 0.25) is 0 Å². The quantitative estimate of drug-likeness (QED) is 0.347. The summed E-state index contributed by atoms with van der Waals surface area (Å²) < 4.78 is 35.1. The number of likely N-dealkylation sites (N-methyl/N-ethyl adjacent to an activating group) is 1. The van der Waals surface area contributed by atoms with Gasteiger partial charge in [-0.25, -0.2) is 9.24 Å². The summed E-state index contributed by atoms with van der Waals surface area (Å²) in [6, 6.07) is -0.0944. The zero-order valence-corrected chi connectivity index (χ0v) is 18.1. The van der Waals surface area contributed by atoms with Crippen LogP contribution in [0.25, 0.3) is 0 Å². The van der Waals surface area contributed by atoms with E-state index in [0.717, 1.165) is 25.7 Å². The van der Waals surface area contributed by atoms with Crippen LogP contribution in [0.3, 0.4) is 0 Å².